The van der Waals surface area contributed by atoms with E-state index >= 15 is 0 Å². The van der Waals surface area contributed by atoms with Gasteiger partial charge in [0, 0.05) is 20.6 Å². The molecule has 1 aromatic heterocycles. The van der Waals surface area contributed by atoms with Crippen molar-refractivity contribution in [2.75, 3.05) is 7.11 Å². The summed E-state index contributed by atoms with van der Waals surface area (Å²) in [5.41, 5.74) is 4.08. The Hall–Kier alpha value is -2.89. The van der Waals surface area contributed by atoms with E-state index in [1.165, 1.54) is 4.68 Å². The van der Waals surface area contributed by atoms with Crippen LogP contribution >= 0.6 is 27.5 Å². The van der Waals surface area contributed by atoms with Crippen molar-refractivity contribution < 1.29 is 4.74 Å². The lowest BCUT2D eigenvalue weighted by Crippen LogP contribution is -2.25. The predicted octanol–water partition coefficient (Wildman–Crippen LogP) is 6.11. The van der Waals surface area contributed by atoms with Crippen molar-refractivity contribution in [2.45, 2.75) is 12.8 Å². The third-order valence-corrected chi connectivity index (χ3v) is 5.82. The maximum absolute atomic E-state index is 13.3. The second-order valence-corrected chi connectivity index (χ2v) is 8.46. The lowest BCUT2D eigenvalue weighted by molar-refractivity contribution is 0.415. The van der Waals surface area contributed by atoms with Gasteiger partial charge >= 0.3 is 0 Å². The molecular formula is C25H20BrClN2O2. The summed E-state index contributed by atoms with van der Waals surface area (Å²) in [5.74, 6) is 0.771. The summed E-state index contributed by atoms with van der Waals surface area (Å²) in [6.07, 6.45) is 1.33. The first kappa shape index (κ1) is 21.3. The minimum Gasteiger partial charge on any atom is -0.497 e. The number of rotatable bonds is 6. The maximum Gasteiger partial charge on any atom is 0.274 e. The molecule has 156 valence electrons. The molecule has 6 heteroatoms. The van der Waals surface area contributed by atoms with Crippen molar-refractivity contribution in [1.29, 1.82) is 0 Å². The molecule has 1 heterocycles. The van der Waals surface area contributed by atoms with Gasteiger partial charge in [-0.25, -0.2) is 0 Å². The van der Waals surface area contributed by atoms with Crippen LogP contribution < -0.4 is 10.3 Å². The fourth-order valence-electron chi connectivity index (χ4n) is 3.31. The molecule has 4 nitrogen and oxygen atoms in total. The molecular weight excluding hydrogens is 476 g/mol. The van der Waals surface area contributed by atoms with Gasteiger partial charge in [0.1, 0.15) is 5.75 Å². The molecule has 0 aliphatic heterocycles. The van der Waals surface area contributed by atoms with Crippen LogP contribution in [0.2, 0.25) is 5.02 Å². The van der Waals surface area contributed by atoms with E-state index in [0.717, 1.165) is 39.2 Å². The van der Waals surface area contributed by atoms with Crippen molar-refractivity contribution in [2.24, 2.45) is 0 Å². The van der Waals surface area contributed by atoms with Gasteiger partial charge in [0.15, 0.2) is 0 Å². The van der Waals surface area contributed by atoms with Gasteiger partial charge in [-0.3, -0.25) is 4.79 Å². The second-order valence-electron chi connectivity index (χ2n) is 7.10. The zero-order valence-corrected chi connectivity index (χ0v) is 19.2. The van der Waals surface area contributed by atoms with Crippen LogP contribution in [0.15, 0.2) is 88.1 Å². The van der Waals surface area contributed by atoms with Gasteiger partial charge in [-0.2, -0.15) is 9.78 Å². The van der Waals surface area contributed by atoms with Crippen LogP contribution in [0.1, 0.15) is 11.1 Å². The van der Waals surface area contributed by atoms with E-state index in [0.29, 0.717) is 17.0 Å². The summed E-state index contributed by atoms with van der Waals surface area (Å²) in [6.45, 7) is 0. The van der Waals surface area contributed by atoms with Gasteiger partial charge in [-0.15, -0.1) is 0 Å². The molecule has 0 amide bonds. The fourth-order valence-corrected chi connectivity index (χ4v) is 3.70. The highest BCUT2D eigenvalue weighted by Gasteiger charge is 2.12. The Kier molecular flexibility index (Phi) is 6.54. The van der Waals surface area contributed by atoms with E-state index in [2.05, 4.69) is 21.0 Å². The Morgan fingerprint density at radius 1 is 0.935 bits per heavy atom. The highest BCUT2D eigenvalue weighted by Crippen LogP contribution is 2.22. The standard InChI is InChI=1S/C25H20BrClN2O2/c1-31-23-14-6-18(7-15-23)24-16-19(5-2-17-3-10-21(27)11-4-17)25(30)29(28-24)22-12-8-20(26)9-13-22/h3-4,6-16H,2,5H2,1H3. The van der Waals surface area contributed by atoms with E-state index in [1.54, 1.807) is 7.11 Å². The molecule has 4 rings (SSSR count). The minimum atomic E-state index is -0.117. The Morgan fingerprint density at radius 2 is 1.61 bits per heavy atom. The first-order chi connectivity index (χ1) is 15.0. The van der Waals surface area contributed by atoms with Crippen molar-refractivity contribution >= 4 is 27.5 Å². The number of aryl methyl sites for hydroxylation is 2. The van der Waals surface area contributed by atoms with Gasteiger partial charge in [0.05, 0.1) is 18.5 Å². The van der Waals surface area contributed by atoms with Crippen molar-refractivity contribution in [3.8, 4) is 22.7 Å². The SMILES string of the molecule is COc1ccc(-c2cc(CCc3ccc(Cl)cc3)c(=O)n(-c3ccc(Br)cc3)n2)cc1. The van der Waals surface area contributed by atoms with Crippen molar-refractivity contribution in [3.63, 3.8) is 0 Å². The summed E-state index contributed by atoms with van der Waals surface area (Å²) in [7, 11) is 1.63. The van der Waals surface area contributed by atoms with E-state index in [9.17, 15) is 4.79 Å². The van der Waals surface area contributed by atoms with Crippen LogP contribution in [-0.2, 0) is 12.8 Å². The van der Waals surface area contributed by atoms with E-state index < -0.39 is 0 Å². The van der Waals surface area contributed by atoms with E-state index in [1.807, 2.05) is 78.9 Å². The third-order valence-electron chi connectivity index (χ3n) is 5.04. The van der Waals surface area contributed by atoms with Crippen LogP contribution in [0.4, 0.5) is 0 Å². The van der Waals surface area contributed by atoms with E-state index in [4.69, 9.17) is 16.3 Å². The van der Waals surface area contributed by atoms with Crippen LogP contribution in [0.3, 0.4) is 0 Å². The lowest BCUT2D eigenvalue weighted by atomic mass is 10.0. The van der Waals surface area contributed by atoms with Crippen LogP contribution in [-0.4, -0.2) is 16.9 Å². The van der Waals surface area contributed by atoms with E-state index in [-0.39, 0.29) is 5.56 Å². The summed E-state index contributed by atoms with van der Waals surface area (Å²) in [4.78, 5) is 13.3. The quantitative estimate of drug-likeness (QED) is 0.324. The normalized spacial score (nSPS) is 10.8. The molecule has 0 atom stereocenters. The topological polar surface area (TPSA) is 44.1 Å². The number of nitrogens with zero attached hydrogens (tertiary/aromatic N) is 2. The monoisotopic (exact) mass is 494 g/mol. The zero-order chi connectivity index (χ0) is 21.8. The minimum absolute atomic E-state index is 0.117. The molecule has 0 aliphatic carbocycles. The number of ether oxygens (including phenoxy) is 1. The molecule has 0 radical (unpaired) electrons. The Bertz CT molecular complexity index is 1230. The van der Waals surface area contributed by atoms with Crippen LogP contribution in [0, 0.1) is 0 Å². The summed E-state index contributed by atoms with van der Waals surface area (Å²) < 4.78 is 7.68. The van der Waals surface area contributed by atoms with Crippen molar-refractivity contribution in [1.82, 2.24) is 9.78 Å². The van der Waals surface area contributed by atoms with Gasteiger partial charge in [-0.1, -0.05) is 39.7 Å². The largest absolute Gasteiger partial charge is 0.497 e. The zero-order valence-electron chi connectivity index (χ0n) is 16.9. The van der Waals surface area contributed by atoms with Crippen LogP contribution in [0.5, 0.6) is 5.75 Å². The predicted molar refractivity (Wildman–Crippen MR) is 128 cm³/mol. The molecule has 0 fully saturated rings. The Morgan fingerprint density at radius 3 is 2.26 bits per heavy atom. The summed E-state index contributed by atoms with van der Waals surface area (Å²) >= 11 is 9.43. The molecule has 0 N–H and O–H groups in total. The molecule has 3 aromatic carbocycles. The van der Waals surface area contributed by atoms with Gasteiger partial charge in [0.2, 0.25) is 0 Å². The number of halogens is 2. The number of aromatic nitrogens is 2. The maximum atomic E-state index is 13.3. The average Bonchev–Trinajstić information content (AvgIpc) is 2.80. The van der Waals surface area contributed by atoms with Crippen LogP contribution in [0.25, 0.3) is 16.9 Å². The molecule has 0 unspecified atom stereocenters. The first-order valence-corrected chi connectivity index (χ1v) is 11.0. The third kappa shape index (κ3) is 5.06. The fraction of sp³-hybridized carbons (Fsp3) is 0.120. The summed E-state index contributed by atoms with van der Waals surface area (Å²) in [6, 6.07) is 24.8. The Labute approximate surface area is 194 Å². The van der Waals surface area contributed by atoms with Gasteiger partial charge in [-0.05, 0) is 85.1 Å². The molecule has 4 aromatic rings. The highest BCUT2D eigenvalue weighted by atomic mass is 79.9. The number of hydrogen-bond acceptors (Lipinski definition) is 3. The highest BCUT2D eigenvalue weighted by molar-refractivity contribution is 9.10. The Balaban J connectivity index is 1.76. The molecule has 31 heavy (non-hydrogen) atoms. The smallest absolute Gasteiger partial charge is 0.274 e. The van der Waals surface area contributed by atoms with Gasteiger partial charge < -0.3 is 4.74 Å². The number of benzene rings is 3. The molecule has 0 saturated carbocycles. The van der Waals surface area contributed by atoms with Gasteiger partial charge in [0.25, 0.3) is 5.56 Å². The molecule has 0 saturated heterocycles. The number of methoxy groups -OCH3 is 1. The second kappa shape index (κ2) is 9.50. The molecule has 0 spiro atoms. The summed E-state index contributed by atoms with van der Waals surface area (Å²) in [5, 5.41) is 5.36. The lowest BCUT2D eigenvalue weighted by Gasteiger charge is -2.12. The first-order valence-electron chi connectivity index (χ1n) is 9.81. The average molecular weight is 496 g/mol. The van der Waals surface area contributed by atoms with Crippen molar-refractivity contribution in [3.05, 3.63) is 110 Å². The number of hydrogen-bond donors (Lipinski definition) is 0. The molecule has 0 aliphatic rings. The molecule has 0 bridgehead atoms.